The molecule has 4 heterocycles. The summed E-state index contributed by atoms with van der Waals surface area (Å²) < 4.78 is 17.2. The van der Waals surface area contributed by atoms with Crippen LogP contribution in [0.15, 0.2) is 54.9 Å². The smallest absolute Gasteiger partial charge is 0.141 e. The first-order chi connectivity index (χ1) is 17.2. The molecule has 2 aliphatic heterocycles. The van der Waals surface area contributed by atoms with Crippen molar-refractivity contribution in [2.24, 2.45) is 0 Å². The fourth-order valence-corrected chi connectivity index (χ4v) is 4.92. The van der Waals surface area contributed by atoms with Gasteiger partial charge >= 0.3 is 0 Å². The van der Waals surface area contributed by atoms with Gasteiger partial charge in [0, 0.05) is 53.8 Å². The molecule has 4 aromatic rings. The molecule has 0 bridgehead atoms. The van der Waals surface area contributed by atoms with E-state index in [1.807, 2.05) is 0 Å². The maximum absolute atomic E-state index is 6.26. The first-order valence-electron chi connectivity index (χ1n) is 12.4. The highest BCUT2D eigenvalue weighted by Gasteiger charge is 2.18. The van der Waals surface area contributed by atoms with E-state index in [1.54, 1.807) is 6.33 Å². The minimum Gasteiger partial charge on any atom is -0.490 e. The van der Waals surface area contributed by atoms with Crippen molar-refractivity contribution in [3.8, 4) is 28.3 Å². The van der Waals surface area contributed by atoms with Crippen LogP contribution in [0.4, 0.5) is 5.69 Å². The van der Waals surface area contributed by atoms with Crippen molar-refractivity contribution < 1.29 is 14.2 Å². The van der Waals surface area contributed by atoms with Gasteiger partial charge in [0.05, 0.1) is 32.1 Å². The standard InChI is InChI=1S/C28H30N4O3/c1-19-15-21(5-6-26(19)35-23-7-11-33-12-8-23)27-24-17-25(31-28(24)30-18-29-27)20-3-2-4-22(16-20)32-9-13-34-14-10-32/h2-6,15-18,23H,7-14H2,1H3,(H,29,30,31). The lowest BCUT2D eigenvalue weighted by Gasteiger charge is -2.29. The number of rotatable bonds is 5. The van der Waals surface area contributed by atoms with Crippen LogP contribution in [0.3, 0.4) is 0 Å². The van der Waals surface area contributed by atoms with E-state index in [0.29, 0.717) is 0 Å². The third-order valence-corrected chi connectivity index (χ3v) is 6.87. The van der Waals surface area contributed by atoms with E-state index in [1.165, 1.54) is 5.69 Å². The van der Waals surface area contributed by atoms with Crippen LogP contribution < -0.4 is 9.64 Å². The Morgan fingerprint density at radius 1 is 0.914 bits per heavy atom. The molecular formula is C28H30N4O3. The van der Waals surface area contributed by atoms with Crippen LogP contribution in [-0.4, -0.2) is 60.6 Å². The number of hydrogen-bond acceptors (Lipinski definition) is 6. The molecule has 0 spiro atoms. The Labute approximate surface area is 205 Å². The van der Waals surface area contributed by atoms with Gasteiger partial charge in [-0.05, 0) is 48.9 Å². The van der Waals surface area contributed by atoms with Crippen molar-refractivity contribution in [1.29, 1.82) is 0 Å². The number of aromatic amines is 1. The van der Waals surface area contributed by atoms with Crippen molar-refractivity contribution in [3.05, 3.63) is 60.4 Å². The number of benzene rings is 2. The van der Waals surface area contributed by atoms with Crippen LogP contribution in [0.25, 0.3) is 33.5 Å². The van der Waals surface area contributed by atoms with Crippen molar-refractivity contribution in [2.75, 3.05) is 44.4 Å². The lowest BCUT2D eigenvalue weighted by Crippen LogP contribution is -2.36. The third kappa shape index (κ3) is 4.61. The Balaban J connectivity index is 1.30. The van der Waals surface area contributed by atoms with Gasteiger partial charge in [-0.3, -0.25) is 0 Å². The van der Waals surface area contributed by atoms with E-state index < -0.39 is 0 Å². The molecule has 2 aromatic heterocycles. The van der Waals surface area contributed by atoms with Crippen molar-refractivity contribution in [3.63, 3.8) is 0 Å². The molecule has 0 atom stereocenters. The molecule has 2 aliphatic rings. The quantitative estimate of drug-likeness (QED) is 0.443. The zero-order valence-corrected chi connectivity index (χ0v) is 20.0. The Morgan fingerprint density at radius 2 is 1.74 bits per heavy atom. The number of nitrogens with one attached hydrogen (secondary N) is 1. The molecule has 180 valence electrons. The Kier molecular flexibility index (Phi) is 6.10. The maximum Gasteiger partial charge on any atom is 0.141 e. The number of hydrogen-bond donors (Lipinski definition) is 1. The van der Waals surface area contributed by atoms with Crippen LogP contribution in [0.1, 0.15) is 18.4 Å². The van der Waals surface area contributed by atoms with Gasteiger partial charge in [0.15, 0.2) is 0 Å². The lowest BCUT2D eigenvalue weighted by atomic mass is 10.0. The second-order valence-corrected chi connectivity index (χ2v) is 9.23. The highest BCUT2D eigenvalue weighted by molar-refractivity contribution is 5.94. The summed E-state index contributed by atoms with van der Waals surface area (Å²) in [4.78, 5) is 15.0. The van der Waals surface area contributed by atoms with Crippen LogP contribution >= 0.6 is 0 Å². The Hall–Kier alpha value is -3.42. The predicted octanol–water partition coefficient (Wildman–Crippen LogP) is 4.99. The molecule has 0 unspecified atom stereocenters. The molecular weight excluding hydrogens is 440 g/mol. The summed E-state index contributed by atoms with van der Waals surface area (Å²) in [5.41, 5.74) is 7.30. The molecule has 2 saturated heterocycles. The number of aryl methyl sites for hydroxylation is 1. The van der Waals surface area contributed by atoms with Crippen molar-refractivity contribution in [1.82, 2.24) is 15.0 Å². The Morgan fingerprint density at radius 3 is 2.57 bits per heavy atom. The zero-order chi connectivity index (χ0) is 23.6. The molecule has 0 radical (unpaired) electrons. The first-order valence-corrected chi connectivity index (χ1v) is 12.4. The highest BCUT2D eigenvalue weighted by Crippen LogP contribution is 2.33. The largest absolute Gasteiger partial charge is 0.490 e. The molecule has 0 amide bonds. The molecule has 2 fully saturated rings. The molecule has 6 rings (SSSR count). The number of ether oxygens (including phenoxy) is 3. The van der Waals surface area contributed by atoms with Gasteiger partial charge in [-0.25, -0.2) is 9.97 Å². The van der Waals surface area contributed by atoms with Gasteiger partial charge in [-0.2, -0.15) is 0 Å². The average Bonchev–Trinajstić information content (AvgIpc) is 3.36. The summed E-state index contributed by atoms with van der Waals surface area (Å²) in [7, 11) is 0. The van der Waals surface area contributed by atoms with Crippen LogP contribution in [0, 0.1) is 6.92 Å². The number of fused-ring (bicyclic) bond motifs is 1. The van der Waals surface area contributed by atoms with Crippen LogP contribution in [-0.2, 0) is 9.47 Å². The number of morpholine rings is 1. The number of anilines is 1. The first kappa shape index (κ1) is 22.1. The Bertz CT molecular complexity index is 1320. The van der Waals surface area contributed by atoms with Gasteiger partial charge in [0.25, 0.3) is 0 Å². The molecule has 7 nitrogen and oxygen atoms in total. The number of aromatic nitrogens is 3. The summed E-state index contributed by atoms with van der Waals surface area (Å²) >= 11 is 0. The molecule has 0 aliphatic carbocycles. The summed E-state index contributed by atoms with van der Waals surface area (Å²) in [6, 6.07) is 17.1. The summed E-state index contributed by atoms with van der Waals surface area (Å²) in [6.45, 7) is 7.01. The maximum atomic E-state index is 6.26. The summed E-state index contributed by atoms with van der Waals surface area (Å²) in [5.74, 6) is 0.931. The van der Waals surface area contributed by atoms with Crippen LogP contribution in [0.5, 0.6) is 5.75 Å². The fourth-order valence-electron chi connectivity index (χ4n) is 4.92. The molecule has 1 N–H and O–H groups in total. The van der Waals surface area contributed by atoms with Crippen molar-refractivity contribution in [2.45, 2.75) is 25.9 Å². The van der Waals surface area contributed by atoms with E-state index in [0.717, 1.165) is 97.2 Å². The monoisotopic (exact) mass is 470 g/mol. The summed E-state index contributed by atoms with van der Waals surface area (Å²) in [5, 5.41) is 1.01. The van der Waals surface area contributed by atoms with Gasteiger partial charge in [-0.1, -0.05) is 12.1 Å². The fraction of sp³-hybridized carbons (Fsp3) is 0.357. The predicted molar refractivity (Wildman–Crippen MR) is 137 cm³/mol. The molecule has 7 heteroatoms. The second-order valence-electron chi connectivity index (χ2n) is 9.23. The van der Waals surface area contributed by atoms with E-state index >= 15 is 0 Å². The molecule has 35 heavy (non-hydrogen) atoms. The molecule has 2 aromatic carbocycles. The van der Waals surface area contributed by atoms with Gasteiger partial charge in [-0.15, -0.1) is 0 Å². The van der Waals surface area contributed by atoms with E-state index in [-0.39, 0.29) is 6.10 Å². The number of nitrogens with zero attached hydrogens (tertiary/aromatic N) is 3. The third-order valence-electron chi connectivity index (χ3n) is 6.87. The van der Waals surface area contributed by atoms with Crippen LogP contribution in [0.2, 0.25) is 0 Å². The highest BCUT2D eigenvalue weighted by atomic mass is 16.5. The van der Waals surface area contributed by atoms with E-state index in [4.69, 9.17) is 14.2 Å². The van der Waals surface area contributed by atoms with Gasteiger partial charge in [0.2, 0.25) is 0 Å². The SMILES string of the molecule is Cc1cc(-c2ncnc3[nH]c(-c4cccc(N5CCOCC5)c4)cc23)ccc1OC1CCOCC1. The summed E-state index contributed by atoms with van der Waals surface area (Å²) in [6.07, 6.45) is 3.72. The topological polar surface area (TPSA) is 72.5 Å². The molecule has 0 saturated carbocycles. The van der Waals surface area contributed by atoms with Gasteiger partial charge in [0.1, 0.15) is 23.8 Å². The van der Waals surface area contributed by atoms with Crippen molar-refractivity contribution >= 4 is 16.7 Å². The lowest BCUT2D eigenvalue weighted by molar-refractivity contribution is 0.0253. The number of H-pyrrole nitrogens is 1. The second kappa shape index (κ2) is 9.68. The van der Waals surface area contributed by atoms with E-state index in [9.17, 15) is 0 Å². The average molecular weight is 471 g/mol. The minimum atomic E-state index is 0.222. The normalized spacial score (nSPS) is 17.1. The zero-order valence-electron chi connectivity index (χ0n) is 20.0. The van der Waals surface area contributed by atoms with Gasteiger partial charge < -0.3 is 24.1 Å². The van der Waals surface area contributed by atoms with E-state index in [2.05, 4.69) is 75.3 Å². The minimum absolute atomic E-state index is 0.222.